The number of hydrogen-bond acceptors (Lipinski definition) is 1. The van der Waals surface area contributed by atoms with Crippen LogP contribution in [0.5, 0.6) is 0 Å². The summed E-state index contributed by atoms with van der Waals surface area (Å²) in [4.78, 5) is 0. The van der Waals surface area contributed by atoms with Crippen molar-refractivity contribution in [1.82, 2.24) is 0 Å². The highest BCUT2D eigenvalue weighted by atomic mass is 35.5. The molecule has 2 heteroatoms. The van der Waals surface area contributed by atoms with Gasteiger partial charge in [-0.15, -0.1) is 0 Å². The van der Waals surface area contributed by atoms with Crippen molar-refractivity contribution in [1.29, 1.82) is 0 Å². The minimum atomic E-state index is 0.125. The van der Waals surface area contributed by atoms with Gasteiger partial charge in [-0.05, 0) is 62.3 Å². The first-order chi connectivity index (χ1) is 7.02. The lowest BCUT2D eigenvalue weighted by atomic mass is 9.97. The molecule has 0 heterocycles. The fourth-order valence-corrected chi connectivity index (χ4v) is 2.23. The van der Waals surface area contributed by atoms with Gasteiger partial charge in [0.1, 0.15) is 0 Å². The molecule has 2 N–H and O–H groups in total. The van der Waals surface area contributed by atoms with Gasteiger partial charge in [0.15, 0.2) is 0 Å². The molecule has 0 aliphatic heterocycles. The molecule has 1 aromatic carbocycles. The lowest BCUT2D eigenvalue weighted by Gasteiger charge is -2.13. The molecule has 0 atom stereocenters. The van der Waals surface area contributed by atoms with Gasteiger partial charge < -0.3 is 5.73 Å². The molecular weight excluding hydrogens is 206 g/mol. The number of hydrogen-bond donors (Lipinski definition) is 1. The second-order valence-electron chi connectivity index (χ2n) is 4.83. The Labute approximate surface area is 96.6 Å². The summed E-state index contributed by atoms with van der Waals surface area (Å²) in [6, 6.07) is 4.08. The Hall–Kier alpha value is -0.530. The van der Waals surface area contributed by atoms with Crippen molar-refractivity contribution in [3.05, 3.63) is 33.8 Å². The van der Waals surface area contributed by atoms with Crippen LogP contribution in [0.4, 0.5) is 0 Å². The summed E-state index contributed by atoms with van der Waals surface area (Å²) in [7, 11) is 0. The topological polar surface area (TPSA) is 26.0 Å². The highest BCUT2D eigenvalue weighted by Crippen LogP contribution is 2.37. The van der Waals surface area contributed by atoms with Crippen molar-refractivity contribution in [2.45, 2.75) is 45.1 Å². The van der Waals surface area contributed by atoms with Gasteiger partial charge in [-0.1, -0.05) is 17.7 Å². The van der Waals surface area contributed by atoms with Crippen molar-refractivity contribution in [3.8, 4) is 0 Å². The maximum Gasteiger partial charge on any atom is 0.0440 e. The predicted molar refractivity (Wildman–Crippen MR) is 65.4 cm³/mol. The second kappa shape index (κ2) is 3.80. The van der Waals surface area contributed by atoms with Crippen LogP contribution in [0.15, 0.2) is 12.1 Å². The van der Waals surface area contributed by atoms with Crippen molar-refractivity contribution >= 4 is 11.6 Å². The van der Waals surface area contributed by atoms with Crippen LogP contribution in [0.2, 0.25) is 5.02 Å². The molecule has 0 aromatic heterocycles. The Bertz CT molecular complexity index is 380. The van der Waals surface area contributed by atoms with Gasteiger partial charge in [-0.3, -0.25) is 0 Å². The lowest BCUT2D eigenvalue weighted by Crippen LogP contribution is -2.22. The Morgan fingerprint density at radius 2 is 2.00 bits per heavy atom. The van der Waals surface area contributed by atoms with Crippen LogP contribution in [0.3, 0.4) is 0 Å². The molecule has 0 amide bonds. The van der Waals surface area contributed by atoms with Gasteiger partial charge >= 0.3 is 0 Å². The van der Waals surface area contributed by atoms with E-state index in [2.05, 4.69) is 19.9 Å². The molecule has 1 aliphatic rings. The van der Waals surface area contributed by atoms with Crippen LogP contribution >= 0.6 is 11.6 Å². The molecule has 0 spiro atoms. The first-order valence-corrected chi connectivity index (χ1v) is 5.93. The van der Waals surface area contributed by atoms with E-state index in [1.165, 1.54) is 29.5 Å². The van der Waals surface area contributed by atoms with E-state index >= 15 is 0 Å². The van der Waals surface area contributed by atoms with E-state index in [0.717, 1.165) is 17.9 Å². The van der Waals surface area contributed by atoms with E-state index in [0.29, 0.717) is 0 Å². The zero-order chi connectivity index (χ0) is 11.1. The number of halogens is 1. The Morgan fingerprint density at radius 3 is 2.60 bits per heavy atom. The van der Waals surface area contributed by atoms with Gasteiger partial charge in [0.2, 0.25) is 0 Å². The third kappa shape index (κ3) is 2.35. The maximum atomic E-state index is 6.21. The first-order valence-electron chi connectivity index (χ1n) is 5.55. The third-order valence-electron chi connectivity index (χ3n) is 3.58. The maximum absolute atomic E-state index is 6.21. The van der Waals surface area contributed by atoms with E-state index in [4.69, 9.17) is 17.3 Å². The van der Waals surface area contributed by atoms with Crippen LogP contribution in [0.25, 0.3) is 0 Å². The van der Waals surface area contributed by atoms with Crippen molar-refractivity contribution < 1.29 is 0 Å². The first kappa shape index (κ1) is 11.0. The Morgan fingerprint density at radius 1 is 1.33 bits per heavy atom. The SMILES string of the molecule is Cc1ccc(Cl)c(CCC2(N)CC2)c1C. The van der Waals surface area contributed by atoms with E-state index < -0.39 is 0 Å². The summed E-state index contributed by atoms with van der Waals surface area (Å²) in [6.45, 7) is 4.27. The van der Waals surface area contributed by atoms with E-state index in [-0.39, 0.29) is 5.54 Å². The molecule has 1 fully saturated rings. The highest BCUT2D eigenvalue weighted by molar-refractivity contribution is 6.31. The lowest BCUT2D eigenvalue weighted by molar-refractivity contribution is 0.608. The predicted octanol–water partition coefficient (Wildman–Crippen LogP) is 3.38. The third-order valence-corrected chi connectivity index (χ3v) is 3.93. The fourth-order valence-electron chi connectivity index (χ4n) is 1.93. The number of aryl methyl sites for hydroxylation is 1. The molecule has 1 aromatic rings. The van der Waals surface area contributed by atoms with Crippen molar-refractivity contribution in [2.75, 3.05) is 0 Å². The molecule has 1 aliphatic carbocycles. The zero-order valence-corrected chi connectivity index (χ0v) is 10.2. The molecular formula is C13H18ClN. The molecule has 0 radical (unpaired) electrons. The van der Waals surface area contributed by atoms with E-state index in [1.807, 2.05) is 6.07 Å². The summed E-state index contributed by atoms with van der Waals surface area (Å²) < 4.78 is 0. The number of rotatable bonds is 3. The molecule has 0 bridgehead atoms. The molecule has 82 valence electrons. The normalized spacial score (nSPS) is 17.9. The van der Waals surface area contributed by atoms with Crippen molar-refractivity contribution in [3.63, 3.8) is 0 Å². The Kier molecular flexibility index (Phi) is 2.78. The minimum Gasteiger partial charge on any atom is -0.325 e. The largest absolute Gasteiger partial charge is 0.325 e. The zero-order valence-electron chi connectivity index (χ0n) is 9.44. The summed E-state index contributed by atoms with van der Waals surface area (Å²) in [6.07, 6.45) is 4.44. The average Bonchev–Trinajstić information content (AvgIpc) is 2.91. The van der Waals surface area contributed by atoms with Gasteiger partial charge in [-0.2, -0.15) is 0 Å². The van der Waals surface area contributed by atoms with Gasteiger partial charge in [0.25, 0.3) is 0 Å². The standard InChI is InChI=1S/C13H18ClN/c1-9-3-4-12(14)11(10(9)2)5-6-13(15)7-8-13/h3-4H,5-8,15H2,1-2H3. The quantitative estimate of drug-likeness (QED) is 0.836. The summed E-state index contributed by atoms with van der Waals surface area (Å²) in [5.74, 6) is 0. The average molecular weight is 224 g/mol. The molecule has 2 rings (SSSR count). The van der Waals surface area contributed by atoms with Gasteiger partial charge in [0.05, 0.1) is 0 Å². The smallest absolute Gasteiger partial charge is 0.0440 e. The molecule has 15 heavy (non-hydrogen) atoms. The fraction of sp³-hybridized carbons (Fsp3) is 0.538. The number of nitrogens with two attached hydrogens (primary N) is 1. The molecule has 0 saturated heterocycles. The second-order valence-corrected chi connectivity index (χ2v) is 5.24. The molecule has 0 unspecified atom stereocenters. The van der Waals surface area contributed by atoms with Gasteiger partial charge in [-0.25, -0.2) is 0 Å². The van der Waals surface area contributed by atoms with Crippen molar-refractivity contribution in [2.24, 2.45) is 5.73 Å². The highest BCUT2D eigenvalue weighted by Gasteiger charge is 2.37. The summed E-state index contributed by atoms with van der Waals surface area (Å²) in [5.41, 5.74) is 10.1. The van der Waals surface area contributed by atoms with Crippen LogP contribution in [0, 0.1) is 13.8 Å². The van der Waals surface area contributed by atoms with Crippen LogP contribution < -0.4 is 5.73 Å². The monoisotopic (exact) mass is 223 g/mol. The van der Waals surface area contributed by atoms with Crippen LogP contribution in [0.1, 0.15) is 36.0 Å². The van der Waals surface area contributed by atoms with E-state index in [9.17, 15) is 0 Å². The van der Waals surface area contributed by atoms with Crippen LogP contribution in [-0.2, 0) is 6.42 Å². The Balaban J connectivity index is 2.16. The summed E-state index contributed by atoms with van der Waals surface area (Å²) >= 11 is 6.21. The summed E-state index contributed by atoms with van der Waals surface area (Å²) in [5, 5.41) is 0.891. The number of benzene rings is 1. The minimum absolute atomic E-state index is 0.125. The van der Waals surface area contributed by atoms with Crippen LogP contribution in [-0.4, -0.2) is 5.54 Å². The molecule has 1 nitrogen and oxygen atoms in total. The van der Waals surface area contributed by atoms with Gasteiger partial charge in [0, 0.05) is 10.6 Å². The van der Waals surface area contributed by atoms with E-state index in [1.54, 1.807) is 0 Å². The molecule has 1 saturated carbocycles.